The average molecular weight is 295 g/mol. The Morgan fingerprint density at radius 1 is 1.35 bits per heavy atom. The second-order valence-corrected chi connectivity index (χ2v) is 5.03. The van der Waals surface area contributed by atoms with Gasteiger partial charge in [0.25, 0.3) is 0 Å². The molecule has 0 aliphatic carbocycles. The number of hydrogen-bond donors (Lipinski definition) is 1. The molecule has 90 valence electrons. The van der Waals surface area contributed by atoms with Gasteiger partial charge in [0, 0.05) is 0 Å². The number of furan rings is 1. The van der Waals surface area contributed by atoms with Crippen molar-refractivity contribution in [1.29, 1.82) is 0 Å². The van der Waals surface area contributed by atoms with Crippen LogP contribution in [0, 0.1) is 6.92 Å². The van der Waals surface area contributed by atoms with E-state index in [1.165, 1.54) is 11.1 Å². The molecule has 1 heterocycles. The molecule has 0 radical (unpaired) electrons. The second-order valence-electron chi connectivity index (χ2n) is 4.18. The Labute approximate surface area is 109 Å². The molecule has 0 saturated carbocycles. The van der Waals surface area contributed by atoms with E-state index in [1.54, 1.807) is 12.3 Å². The first-order valence-electron chi connectivity index (χ1n) is 5.63. The summed E-state index contributed by atoms with van der Waals surface area (Å²) in [5, 5.41) is 10.00. The summed E-state index contributed by atoms with van der Waals surface area (Å²) < 4.78 is 6.07. The minimum absolute atomic E-state index is 0.556. The van der Waals surface area contributed by atoms with Crippen LogP contribution in [-0.4, -0.2) is 5.11 Å². The Bertz CT molecular complexity index is 490. The molecular weight excluding hydrogens is 280 g/mol. The van der Waals surface area contributed by atoms with Crippen LogP contribution >= 0.6 is 15.9 Å². The van der Waals surface area contributed by atoms with E-state index in [9.17, 15) is 5.11 Å². The average Bonchev–Trinajstić information content (AvgIpc) is 2.72. The molecule has 1 unspecified atom stereocenters. The van der Waals surface area contributed by atoms with Crippen molar-refractivity contribution in [3.05, 3.63) is 58.0 Å². The van der Waals surface area contributed by atoms with Crippen LogP contribution in [0.15, 0.2) is 45.5 Å². The SMILES string of the molecule is Cc1cccc(CCC(O)c2occc2Br)c1. The smallest absolute Gasteiger partial charge is 0.146 e. The summed E-state index contributed by atoms with van der Waals surface area (Å²) in [6.45, 7) is 2.07. The normalized spacial score (nSPS) is 12.6. The van der Waals surface area contributed by atoms with Gasteiger partial charge in [-0.3, -0.25) is 0 Å². The predicted molar refractivity (Wildman–Crippen MR) is 70.9 cm³/mol. The van der Waals surface area contributed by atoms with Gasteiger partial charge in [-0.25, -0.2) is 0 Å². The van der Waals surface area contributed by atoms with Gasteiger partial charge in [-0.15, -0.1) is 0 Å². The van der Waals surface area contributed by atoms with Crippen LogP contribution < -0.4 is 0 Å². The summed E-state index contributed by atoms with van der Waals surface area (Å²) in [5.74, 6) is 0.609. The van der Waals surface area contributed by atoms with Gasteiger partial charge in [0.05, 0.1) is 10.7 Å². The van der Waals surface area contributed by atoms with Crippen molar-refractivity contribution in [2.45, 2.75) is 25.9 Å². The maximum absolute atomic E-state index is 10.00. The summed E-state index contributed by atoms with van der Waals surface area (Å²) in [6.07, 6.45) is 2.53. The third-order valence-electron chi connectivity index (χ3n) is 2.74. The van der Waals surface area contributed by atoms with Crippen molar-refractivity contribution in [3.63, 3.8) is 0 Å². The number of hydrogen-bond acceptors (Lipinski definition) is 2. The quantitative estimate of drug-likeness (QED) is 0.924. The van der Waals surface area contributed by atoms with Crippen molar-refractivity contribution in [2.75, 3.05) is 0 Å². The van der Waals surface area contributed by atoms with Crippen molar-refractivity contribution >= 4 is 15.9 Å². The highest BCUT2D eigenvalue weighted by Crippen LogP contribution is 2.27. The standard InChI is InChI=1S/C14H15BrO2/c1-10-3-2-4-11(9-10)5-6-13(16)14-12(15)7-8-17-14/h2-4,7-9,13,16H,5-6H2,1H3. The second kappa shape index (κ2) is 5.52. The van der Waals surface area contributed by atoms with Gasteiger partial charge in [-0.1, -0.05) is 29.8 Å². The Balaban J connectivity index is 1.97. The Morgan fingerprint density at radius 3 is 2.82 bits per heavy atom. The topological polar surface area (TPSA) is 33.4 Å². The predicted octanol–water partition coefficient (Wildman–Crippen LogP) is 4.02. The van der Waals surface area contributed by atoms with Gasteiger partial charge in [0.1, 0.15) is 11.9 Å². The number of rotatable bonds is 4. The van der Waals surface area contributed by atoms with Gasteiger partial charge >= 0.3 is 0 Å². The van der Waals surface area contributed by atoms with Gasteiger partial charge < -0.3 is 9.52 Å². The van der Waals surface area contributed by atoms with Crippen LogP contribution in [0.3, 0.4) is 0 Å². The van der Waals surface area contributed by atoms with E-state index in [-0.39, 0.29) is 0 Å². The lowest BCUT2D eigenvalue weighted by molar-refractivity contribution is 0.139. The molecule has 17 heavy (non-hydrogen) atoms. The van der Waals surface area contributed by atoms with Crippen LogP contribution in [0.25, 0.3) is 0 Å². The molecule has 0 saturated heterocycles. The third-order valence-corrected chi connectivity index (χ3v) is 3.39. The van der Waals surface area contributed by atoms with E-state index in [0.717, 1.165) is 10.9 Å². The molecule has 1 aromatic heterocycles. The fourth-order valence-corrected chi connectivity index (χ4v) is 2.31. The van der Waals surface area contributed by atoms with E-state index >= 15 is 0 Å². The molecule has 0 amide bonds. The maximum Gasteiger partial charge on any atom is 0.146 e. The monoisotopic (exact) mass is 294 g/mol. The highest BCUT2D eigenvalue weighted by molar-refractivity contribution is 9.10. The highest BCUT2D eigenvalue weighted by Gasteiger charge is 2.14. The van der Waals surface area contributed by atoms with Crippen LogP contribution in [0.5, 0.6) is 0 Å². The van der Waals surface area contributed by atoms with Crippen LogP contribution in [-0.2, 0) is 6.42 Å². The van der Waals surface area contributed by atoms with Crippen molar-refractivity contribution in [3.8, 4) is 0 Å². The van der Waals surface area contributed by atoms with Gasteiger partial charge in [-0.05, 0) is 47.3 Å². The minimum atomic E-state index is -0.556. The number of benzene rings is 1. The number of aryl methyl sites for hydroxylation is 2. The molecule has 2 nitrogen and oxygen atoms in total. The molecule has 2 aromatic rings. The van der Waals surface area contributed by atoms with Crippen molar-refractivity contribution in [2.24, 2.45) is 0 Å². The fourth-order valence-electron chi connectivity index (χ4n) is 1.85. The first kappa shape index (κ1) is 12.4. The van der Waals surface area contributed by atoms with Crippen LogP contribution in [0.4, 0.5) is 0 Å². The largest absolute Gasteiger partial charge is 0.465 e. The molecule has 0 bridgehead atoms. The fraction of sp³-hybridized carbons (Fsp3) is 0.286. The van der Waals surface area contributed by atoms with E-state index in [2.05, 4.69) is 41.1 Å². The summed E-state index contributed by atoms with van der Waals surface area (Å²) >= 11 is 3.35. The molecule has 0 spiro atoms. The van der Waals surface area contributed by atoms with Crippen LogP contribution in [0.2, 0.25) is 0 Å². The van der Waals surface area contributed by atoms with E-state index in [0.29, 0.717) is 12.2 Å². The van der Waals surface area contributed by atoms with E-state index < -0.39 is 6.10 Å². The molecule has 1 N–H and O–H groups in total. The summed E-state index contributed by atoms with van der Waals surface area (Å²) in [6, 6.07) is 10.1. The molecule has 1 aromatic carbocycles. The molecule has 3 heteroatoms. The number of halogens is 1. The minimum Gasteiger partial charge on any atom is -0.465 e. The van der Waals surface area contributed by atoms with E-state index in [4.69, 9.17) is 4.42 Å². The maximum atomic E-state index is 10.00. The lowest BCUT2D eigenvalue weighted by Gasteiger charge is -2.08. The lowest BCUT2D eigenvalue weighted by Crippen LogP contribution is -1.99. The molecule has 2 rings (SSSR count). The molecule has 0 aliphatic rings. The van der Waals surface area contributed by atoms with Crippen molar-refractivity contribution < 1.29 is 9.52 Å². The Hall–Kier alpha value is -1.06. The molecule has 0 fully saturated rings. The number of aliphatic hydroxyl groups is 1. The summed E-state index contributed by atoms with van der Waals surface area (Å²) in [7, 11) is 0. The third kappa shape index (κ3) is 3.20. The zero-order valence-electron chi connectivity index (χ0n) is 9.69. The van der Waals surface area contributed by atoms with Gasteiger partial charge in [0.2, 0.25) is 0 Å². The molecule has 1 atom stereocenters. The zero-order chi connectivity index (χ0) is 12.3. The van der Waals surface area contributed by atoms with Crippen molar-refractivity contribution in [1.82, 2.24) is 0 Å². The Kier molecular flexibility index (Phi) is 4.02. The number of aliphatic hydroxyl groups excluding tert-OH is 1. The molecule has 0 aliphatic heterocycles. The van der Waals surface area contributed by atoms with Gasteiger partial charge in [-0.2, -0.15) is 0 Å². The molecular formula is C14H15BrO2. The first-order valence-corrected chi connectivity index (χ1v) is 6.42. The zero-order valence-corrected chi connectivity index (χ0v) is 11.3. The Morgan fingerprint density at radius 2 is 2.18 bits per heavy atom. The lowest BCUT2D eigenvalue weighted by atomic mass is 10.0. The summed E-state index contributed by atoms with van der Waals surface area (Å²) in [4.78, 5) is 0. The highest BCUT2D eigenvalue weighted by atomic mass is 79.9. The van der Waals surface area contributed by atoms with Crippen LogP contribution in [0.1, 0.15) is 29.4 Å². The van der Waals surface area contributed by atoms with E-state index in [1.807, 2.05) is 6.07 Å². The first-order chi connectivity index (χ1) is 8.16. The van der Waals surface area contributed by atoms with Gasteiger partial charge in [0.15, 0.2) is 0 Å². The summed E-state index contributed by atoms with van der Waals surface area (Å²) in [5.41, 5.74) is 2.49.